The molecular weight excluding hydrogens is 269 g/mol. The number of rotatable bonds is 1. The molecule has 92 valence electrons. The minimum atomic E-state index is -4.71. The van der Waals surface area contributed by atoms with Crippen molar-refractivity contribution in [3.63, 3.8) is 0 Å². The number of nitriles is 1. The number of halogens is 4. The third-order valence-corrected chi connectivity index (χ3v) is 2.37. The van der Waals surface area contributed by atoms with Gasteiger partial charge in [-0.15, -0.1) is 5.10 Å². The molecular formula is C10H4ClF3N4. The van der Waals surface area contributed by atoms with Gasteiger partial charge in [0.1, 0.15) is 6.07 Å². The van der Waals surface area contributed by atoms with Crippen molar-refractivity contribution < 1.29 is 13.2 Å². The van der Waals surface area contributed by atoms with Gasteiger partial charge in [-0.1, -0.05) is 16.8 Å². The molecule has 1 aromatic heterocycles. The minimum Gasteiger partial charge on any atom is -0.207 e. The molecule has 0 aliphatic carbocycles. The first-order valence-electron chi connectivity index (χ1n) is 4.62. The zero-order valence-electron chi connectivity index (χ0n) is 8.61. The Balaban J connectivity index is 2.63. The van der Waals surface area contributed by atoms with E-state index in [4.69, 9.17) is 16.9 Å². The summed E-state index contributed by atoms with van der Waals surface area (Å²) in [6, 6.07) is 6.92. The van der Waals surface area contributed by atoms with Crippen molar-refractivity contribution in [2.24, 2.45) is 0 Å². The fourth-order valence-corrected chi connectivity index (χ4v) is 1.50. The van der Waals surface area contributed by atoms with Crippen molar-refractivity contribution in [2.75, 3.05) is 0 Å². The standard InChI is InChI=1S/C10H4ClF3N4/c11-6-1-3-7(4-2-6)18-9(10(12,13)14)8(5-15)16-17-18/h1-4H. The molecule has 0 aliphatic heterocycles. The fourth-order valence-electron chi connectivity index (χ4n) is 1.37. The topological polar surface area (TPSA) is 54.5 Å². The molecule has 0 radical (unpaired) electrons. The zero-order chi connectivity index (χ0) is 13.3. The molecule has 2 rings (SSSR count). The maximum absolute atomic E-state index is 12.8. The highest BCUT2D eigenvalue weighted by Gasteiger charge is 2.40. The smallest absolute Gasteiger partial charge is 0.207 e. The lowest BCUT2D eigenvalue weighted by molar-refractivity contribution is -0.143. The van der Waals surface area contributed by atoms with E-state index in [1.54, 1.807) is 0 Å². The fraction of sp³-hybridized carbons (Fsp3) is 0.100. The monoisotopic (exact) mass is 272 g/mol. The van der Waals surface area contributed by atoms with Gasteiger partial charge in [-0.3, -0.25) is 0 Å². The van der Waals surface area contributed by atoms with Gasteiger partial charge >= 0.3 is 6.18 Å². The number of hydrogen-bond acceptors (Lipinski definition) is 3. The maximum Gasteiger partial charge on any atom is 0.436 e. The van der Waals surface area contributed by atoms with Gasteiger partial charge in [-0.05, 0) is 24.3 Å². The molecule has 0 saturated heterocycles. The van der Waals surface area contributed by atoms with E-state index in [0.717, 1.165) is 0 Å². The zero-order valence-corrected chi connectivity index (χ0v) is 9.37. The van der Waals surface area contributed by atoms with Crippen molar-refractivity contribution in [1.82, 2.24) is 15.0 Å². The number of benzene rings is 1. The molecule has 0 unspecified atom stereocenters. The average Bonchev–Trinajstić information content (AvgIpc) is 2.73. The van der Waals surface area contributed by atoms with E-state index in [1.807, 2.05) is 0 Å². The molecule has 0 spiro atoms. The number of aromatic nitrogens is 3. The number of alkyl halides is 3. The van der Waals surface area contributed by atoms with Crippen LogP contribution in [0.4, 0.5) is 13.2 Å². The summed E-state index contributed by atoms with van der Waals surface area (Å²) in [6.07, 6.45) is -4.71. The van der Waals surface area contributed by atoms with Gasteiger partial charge in [-0.2, -0.15) is 18.4 Å². The molecule has 0 N–H and O–H groups in total. The van der Waals surface area contributed by atoms with E-state index >= 15 is 0 Å². The van der Waals surface area contributed by atoms with Crippen LogP contribution in [0.3, 0.4) is 0 Å². The summed E-state index contributed by atoms with van der Waals surface area (Å²) < 4.78 is 39.0. The predicted molar refractivity (Wildman–Crippen MR) is 56.1 cm³/mol. The van der Waals surface area contributed by atoms with Crippen LogP contribution in [0.5, 0.6) is 0 Å². The molecule has 1 heterocycles. The predicted octanol–water partition coefficient (Wildman–Crippen LogP) is 2.81. The average molecular weight is 273 g/mol. The third kappa shape index (κ3) is 2.15. The SMILES string of the molecule is N#Cc1nnn(-c2ccc(Cl)cc2)c1C(F)(F)F. The lowest BCUT2D eigenvalue weighted by Gasteiger charge is -2.09. The van der Waals surface area contributed by atoms with Gasteiger partial charge in [-0.25, -0.2) is 4.68 Å². The second kappa shape index (κ2) is 4.31. The van der Waals surface area contributed by atoms with Crippen molar-refractivity contribution in [1.29, 1.82) is 5.26 Å². The summed E-state index contributed by atoms with van der Waals surface area (Å²) in [5.74, 6) is 0. The van der Waals surface area contributed by atoms with Crippen LogP contribution in [0.25, 0.3) is 5.69 Å². The Kier molecular flexibility index (Phi) is 2.97. The van der Waals surface area contributed by atoms with E-state index in [9.17, 15) is 13.2 Å². The second-order valence-electron chi connectivity index (χ2n) is 3.28. The van der Waals surface area contributed by atoms with Crippen LogP contribution in [0.2, 0.25) is 5.02 Å². The quantitative estimate of drug-likeness (QED) is 0.802. The van der Waals surface area contributed by atoms with E-state index < -0.39 is 17.6 Å². The van der Waals surface area contributed by atoms with E-state index in [2.05, 4.69) is 10.3 Å². The largest absolute Gasteiger partial charge is 0.436 e. The van der Waals surface area contributed by atoms with Crippen molar-refractivity contribution in [3.05, 3.63) is 40.7 Å². The molecule has 4 nitrogen and oxygen atoms in total. The van der Waals surface area contributed by atoms with Gasteiger partial charge in [0.25, 0.3) is 0 Å². The van der Waals surface area contributed by atoms with Crippen LogP contribution in [-0.4, -0.2) is 15.0 Å². The molecule has 8 heteroatoms. The molecule has 0 atom stereocenters. The molecule has 2 aromatic rings. The van der Waals surface area contributed by atoms with Crippen LogP contribution in [-0.2, 0) is 6.18 Å². The van der Waals surface area contributed by atoms with E-state index in [-0.39, 0.29) is 5.69 Å². The van der Waals surface area contributed by atoms with Crippen LogP contribution in [0.15, 0.2) is 24.3 Å². The Labute approximate surface area is 104 Å². The molecule has 18 heavy (non-hydrogen) atoms. The van der Waals surface area contributed by atoms with Crippen LogP contribution < -0.4 is 0 Å². The lowest BCUT2D eigenvalue weighted by Crippen LogP contribution is -2.14. The van der Waals surface area contributed by atoms with Crippen LogP contribution in [0.1, 0.15) is 11.4 Å². The summed E-state index contributed by atoms with van der Waals surface area (Å²) in [6.45, 7) is 0. The number of nitrogens with zero attached hydrogens (tertiary/aromatic N) is 4. The first-order valence-corrected chi connectivity index (χ1v) is 5.00. The van der Waals surface area contributed by atoms with Gasteiger partial charge in [0.05, 0.1) is 5.69 Å². The summed E-state index contributed by atoms with van der Waals surface area (Å²) in [5, 5.41) is 15.5. The lowest BCUT2D eigenvalue weighted by atomic mass is 10.3. The van der Waals surface area contributed by atoms with Gasteiger partial charge < -0.3 is 0 Å². The Bertz CT molecular complexity index is 610. The summed E-state index contributed by atoms with van der Waals surface area (Å²) in [7, 11) is 0. The normalized spacial score (nSPS) is 11.3. The van der Waals surface area contributed by atoms with Crippen molar-refractivity contribution >= 4 is 11.6 Å². The van der Waals surface area contributed by atoms with E-state index in [1.165, 1.54) is 30.3 Å². The van der Waals surface area contributed by atoms with Crippen LogP contribution in [0, 0.1) is 11.3 Å². The first kappa shape index (κ1) is 12.4. The molecule has 0 amide bonds. The molecule has 1 aromatic carbocycles. The Morgan fingerprint density at radius 2 is 1.83 bits per heavy atom. The summed E-state index contributed by atoms with van der Waals surface area (Å²) in [4.78, 5) is 0. The Morgan fingerprint density at radius 1 is 1.22 bits per heavy atom. The van der Waals surface area contributed by atoms with E-state index in [0.29, 0.717) is 9.70 Å². The van der Waals surface area contributed by atoms with Crippen molar-refractivity contribution in [3.8, 4) is 11.8 Å². The summed E-state index contributed by atoms with van der Waals surface area (Å²) >= 11 is 5.64. The Hall–Kier alpha value is -2.07. The van der Waals surface area contributed by atoms with Gasteiger partial charge in [0, 0.05) is 5.02 Å². The second-order valence-corrected chi connectivity index (χ2v) is 3.72. The highest BCUT2D eigenvalue weighted by molar-refractivity contribution is 6.30. The molecule has 0 aliphatic rings. The third-order valence-electron chi connectivity index (χ3n) is 2.12. The summed E-state index contributed by atoms with van der Waals surface area (Å²) in [5.41, 5.74) is -1.84. The van der Waals surface area contributed by atoms with Gasteiger partial charge in [0.15, 0.2) is 11.4 Å². The number of hydrogen-bond donors (Lipinski definition) is 0. The van der Waals surface area contributed by atoms with Crippen molar-refractivity contribution in [2.45, 2.75) is 6.18 Å². The molecule has 0 saturated carbocycles. The van der Waals surface area contributed by atoms with Crippen LogP contribution >= 0.6 is 11.6 Å². The Morgan fingerprint density at radius 3 is 2.33 bits per heavy atom. The maximum atomic E-state index is 12.8. The first-order chi connectivity index (χ1) is 8.43. The highest BCUT2D eigenvalue weighted by atomic mass is 35.5. The molecule has 0 bridgehead atoms. The molecule has 0 fully saturated rings. The highest BCUT2D eigenvalue weighted by Crippen LogP contribution is 2.32. The van der Waals surface area contributed by atoms with Gasteiger partial charge in [0.2, 0.25) is 0 Å². The minimum absolute atomic E-state index is 0.126.